The molecule has 0 unspecified atom stereocenters. The standard InChI is InChI=1S/C17H19NO5/c1-11(2)7-8-22-14-5-3-13(4-6-14)18-16(19)15-9-12(10-23-15)17(20)21/h3-6,9-11H,7-8H2,1-2H3,(H,18,19)(H,20,21). The van der Waals surface area contributed by atoms with Gasteiger partial charge in [-0.05, 0) is 36.6 Å². The van der Waals surface area contributed by atoms with Gasteiger partial charge in [-0.3, -0.25) is 4.79 Å². The number of benzene rings is 1. The number of furan rings is 1. The highest BCUT2D eigenvalue weighted by molar-refractivity contribution is 6.03. The van der Waals surface area contributed by atoms with Crippen molar-refractivity contribution in [3.63, 3.8) is 0 Å². The van der Waals surface area contributed by atoms with E-state index in [0.717, 1.165) is 18.4 Å². The average molecular weight is 317 g/mol. The van der Waals surface area contributed by atoms with Crippen LogP contribution in [0.1, 0.15) is 41.2 Å². The molecule has 0 spiro atoms. The van der Waals surface area contributed by atoms with Crippen molar-refractivity contribution < 1.29 is 23.8 Å². The van der Waals surface area contributed by atoms with E-state index in [0.29, 0.717) is 18.2 Å². The molecule has 23 heavy (non-hydrogen) atoms. The van der Waals surface area contributed by atoms with Gasteiger partial charge in [-0.25, -0.2) is 4.79 Å². The quantitative estimate of drug-likeness (QED) is 0.813. The van der Waals surface area contributed by atoms with Gasteiger partial charge in [0.05, 0.1) is 12.2 Å². The molecule has 1 amide bonds. The highest BCUT2D eigenvalue weighted by Gasteiger charge is 2.14. The van der Waals surface area contributed by atoms with E-state index in [1.165, 1.54) is 6.07 Å². The maximum Gasteiger partial charge on any atom is 0.338 e. The van der Waals surface area contributed by atoms with Crippen molar-refractivity contribution in [3.8, 4) is 5.75 Å². The Morgan fingerprint density at radius 3 is 2.52 bits per heavy atom. The van der Waals surface area contributed by atoms with Gasteiger partial charge in [0.1, 0.15) is 12.0 Å². The average Bonchev–Trinajstić information content (AvgIpc) is 2.99. The van der Waals surface area contributed by atoms with Crippen LogP contribution in [-0.4, -0.2) is 23.6 Å². The van der Waals surface area contributed by atoms with Crippen LogP contribution in [0, 0.1) is 5.92 Å². The van der Waals surface area contributed by atoms with Crippen molar-refractivity contribution in [3.05, 3.63) is 47.9 Å². The number of carbonyl (C=O) groups excluding carboxylic acids is 1. The summed E-state index contributed by atoms with van der Waals surface area (Å²) in [6.45, 7) is 4.91. The molecule has 0 saturated heterocycles. The van der Waals surface area contributed by atoms with E-state index in [4.69, 9.17) is 14.3 Å². The summed E-state index contributed by atoms with van der Waals surface area (Å²) in [4.78, 5) is 22.7. The summed E-state index contributed by atoms with van der Waals surface area (Å²) in [5.74, 6) is -0.395. The maximum absolute atomic E-state index is 12.0. The number of aromatic carboxylic acids is 1. The fourth-order valence-corrected chi connectivity index (χ4v) is 1.81. The first-order valence-corrected chi connectivity index (χ1v) is 7.31. The summed E-state index contributed by atoms with van der Waals surface area (Å²) < 4.78 is 10.5. The third-order valence-corrected chi connectivity index (χ3v) is 3.15. The van der Waals surface area contributed by atoms with Gasteiger partial charge >= 0.3 is 5.97 Å². The van der Waals surface area contributed by atoms with Crippen LogP contribution >= 0.6 is 0 Å². The Kier molecular flexibility index (Phi) is 5.41. The zero-order chi connectivity index (χ0) is 16.8. The lowest BCUT2D eigenvalue weighted by molar-refractivity contribution is 0.0696. The van der Waals surface area contributed by atoms with Crippen LogP contribution in [-0.2, 0) is 0 Å². The molecule has 2 N–H and O–H groups in total. The van der Waals surface area contributed by atoms with Gasteiger partial charge in [-0.15, -0.1) is 0 Å². The molecule has 2 rings (SSSR count). The van der Waals surface area contributed by atoms with Gasteiger partial charge in [0.25, 0.3) is 5.91 Å². The molecular weight excluding hydrogens is 298 g/mol. The maximum atomic E-state index is 12.0. The molecule has 0 saturated carbocycles. The number of ether oxygens (including phenoxy) is 1. The van der Waals surface area contributed by atoms with Crippen LogP contribution in [0.5, 0.6) is 5.75 Å². The second-order valence-corrected chi connectivity index (χ2v) is 5.51. The summed E-state index contributed by atoms with van der Waals surface area (Å²) >= 11 is 0. The third-order valence-electron chi connectivity index (χ3n) is 3.15. The lowest BCUT2D eigenvalue weighted by Crippen LogP contribution is -2.11. The molecule has 0 bridgehead atoms. The van der Waals surface area contributed by atoms with Crippen molar-refractivity contribution in [2.24, 2.45) is 5.92 Å². The van der Waals surface area contributed by atoms with Gasteiger partial charge < -0.3 is 19.6 Å². The summed E-state index contributed by atoms with van der Waals surface area (Å²) in [5.41, 5.74) is 0.503. The molecule has 1 heterocycles. The molecule has 2 aromatic rings. The number of rotatable bonds is 7. The second kappa shape index (κ2) is 7.49. The first kappa shape index (κ1) is 16.6. The molecule has 0 aliphatic rings. The van der Waals surface area contributed by atoms with Gasteiger partial charge in [-0.2, -0.15) is 0 Å². The van der Waals surface area contributed by atoms with Crippen LogP contribution in [0.4, 0.5) is 5.69 Å². The SMILES string of the molecule is CC(C)CCOc1ccc(NC(=O)c2cc(C(=O)O)co2)cc1. The number of nitrogens with one attached hydrogen (secondary N) is 1. The first-order valence-electron chi connectivity index (χ1n) is 7.31. The number of hydrogen-bond acceptors (Lipinski definition) is 4. The zero-order valence-corrected chi connectivity index (χ0v) is 13.0. The van der Waals surface area contributed by atoms with Crippen LogP contribution < -0.4 is 10.1 Å². The number of anilines is 1. The topological polar surface area (TPSA) is 88.8 Å². The lowest BCUT2D eigenvalue weighted by atomic mass is 10.1. The van der Waals surface area contributed by atoms with E-state index >= 15 is 0 Å². The fraction of sp³-hybridized carbons (Fsp3) is 0.294. The summed E-state index contributed by atoms with van der Waals surface area (Å²) in [5, 5.41) is 11.4. The van der Waals surface area contributed by atoms with Crippen molar-refractivity contribution in [2.75, 3.05) is 11.9 Å². The predicted octanol–water partition coefficient (Wildman–Crippen LogP) is 3.66. The van der Waals surface area contributed by atoms with Gasteiger partial charge in [0, 0.05) is 11.8 Å². The Bertz CT molecular complexity index is 673. The molecule has 0 fully saturated rings. The molecule has 6 nitrogen and oxygen atoms in total. The van der Waals surface area contributed by atoms with E-state index in [1.807, 2.05) is 0 Å². The summed E-state index contributed by atoms with van der Waals surface area (Å²) in [6.07, 6.45) is 2.01. The van der Waals surface area contributed by atoms with Gasteiger partial charge in [0.15, 0.2) is 5.76 Å². The number of hydrogen-bond donors (Lipinski definition) is 2. The minimum atomic E-state index is -1.14. The molecule has 6 heteroatoms. The number of carboxylic acid groups (broad SMARTS) is 1. The molecular formula is C17H19NO5. The van der Waals surface area contributed by atoms with Crippen LogP contribution in [0.2, 0.25) is 0 Å². The Morgan fingerprint density at radius 2 is 1.96 bits per heavy atom. The van der Waals surface area contributed by atoms with E-state index in [2.05, 4.69) is 19.2 Å². The van der Waals surface area contributed by atoms with Crippen molar-refractivity contribution in [2.45, 2.75) is 20.3 Å². The molecule has 122 valence electrons. The van der Waals surface area contributed by atoms with E-state index < -0.39 is 11.9 Å². The Labute approximate surface area is 134 Å². The normalized spacial score (nSPS) is 10.6. The third kappa shape index (κ3) is 4.88. The van der Waals surface area contributed by atoms with Crippen LogP contribution in [0.15, 0.2) is 41.0 Å². The Morgan fingerprint density at radius 1 is 1.26 bits per heavy atom. The molecule has 0 aliphatic heterocycles. The summed E-state index contributed by atoms with van der Waals surface area (Å²) in [6, 6.07) is 8.13. The van der Waals surface area contributed by atoms with Crippen molar-refractivity contribution in [1.29, 1.82) is 0 Å². The molecule has 0 atom stereocenters. The van der Waals surface area contributed by atoms with Crippen LogP contribution in [0.3, 0.4) is 0 Å². The number of carboxylic acids is 1. The predicted molar refractivity (Wildman–Crippen MR) is 85.0 cm³/mol. The highest BCUT2D eigenvalue weighted by Crippen LogP contribution is 2.18. The minimum Gasteiger partial charge on any atom is -0.494 e. The Balaban J connectivity index is 1.92. The molecule has 1 aromatic heterocycles. The molecule has 0 radical (unpaired) electrons. The number of amides is 1. The smallest absolute Gasteiger partial charge is 0.338 e. The lowest BCUT2D eigenvalue weighted by Gasteiger charge is -2.09. The fourth-order valence-electron chi connectivity index (χ4n) is 1.81. The first-order chi connectivity index (χ1) is 11.0. The van der Waals surface area contributed by atoms with Crippen LogP contribution in [0.25, 0.3) is 0 Å². The largest absolute Gasteiger partial charge is 0.494 e. The minimum absolute atomic E-state index is 0.0559. The van der Waals surface area contributed by atoms with Gasteiger partial charge in [-0.1, -0.05) is 13.8 Å². The Hall–Kier alpha value is -2.76. The zero-order valence-electron chi connectivity index (χ0n) is 13.0. The summed E-state index contributed by atoms with van der Waals surface area (Å²) in [7, 11) is 0. The highest BCUT2D eigenvalue weighted by atomic mass is 16.5. The molecule has 0 aliphatic carbocycles. The van der Waals surface area contributed by atoms with Gasteiger partial charge in [0.2, 0.25) is 0 Å². The van der Waals surface area contributed by atoms with E-state index in [-0.39, 0.29) is 11.3 Å². The monoisotopic (exact) mass is 317 g/mol. The second-order valence-electron chi connectivity index (χ2n) is 5.51. The van der Waals surface area contributed by atoms with E-state index in [9.17, 15) is 9.59 Å². The van der Waals surface area contributed by atoms with E-state index in [1.54, 1.807) is 24.3 Å². The van der Waals surface area contributed by atoms with Crippen molar-refractivity contribution in [1.82, 2.24) is 0 Å². The molecule has 1 aromatic carbocycles. The number of carbonyl (C=O) groups is 2. The van der Waals surface area contributed by atoms with Crippen molar-refractivity contribution >= 4 is 17.6 Å².